The second kappa shape index (κ2) is 7.75. The van der Waals surface area contributed by atoms with E-state index < -0.39 is 0 Å². The van der Waals surface area contributed by atoms with E-state index >= 15 is 0 Å². The molecule has 0 atom stereocenters. The minimum absolute atomic E-state index is 0.125. The molecule has 2 aromatic rings. The Bertz CT molecular complexity index is 710. The number of carbonyl (C=O) groups excluding carboxylic acids is 1. The molecule has 0 fully saturated rings. The minimum Gasteiger partial charge on any atom is -0.383 e. The molecule has 0 amide bonds. The highest BCUT2D eigenvalue weighted by atomic mass is 32.2. The molecule has 1 heterocycles. The number of Topliss-reactive ketones (excluding diaryl/α,β-unsaturated/α-hetero) is 1. The Morgan fingerprint density at radius 1 is 1.22 bits per heavy atom. The highest BCUT2D eigenvalue weighted by molar-refractivity contribution is 7.99. The number of rotatable bonds is 7. The first-order valence-electron chi connectivity index (χ1n) is 7.55. The summed E-state index contributed by atoms with van der Waals surface area (Å²) in [6, 6.07) is 2.00. The standard InChI is InChI=1S/C17H23N3O2S/c1-11-8-15(14(4)13(3)12(11)2)16(21)9-23-17-19-18-10-20(17)6-7-22-5/h8,10H,6-7,9H2,1-5H3. The Morgan fingerprint density at radius 3 is 2.65 bits per heavy atom. The van der Waals surface area contributed by atoms with Crippen LogP contribution in [0.2, 0.25) is 0 Å². The lowest BCUT2D eigenvalue weighted by Gasteiger charge is -2.13. The summed E-state index contributed by atoms with van der Waals surface area (Å²) in [7, 11) is 1.66. The first-order valence-corrected chi connectivity index (χ1v) is 8.54. The molecule has 6 heteroatoms. The van der Waals surface area contributed by atoms with Crippen molar-refractivity contribution in [3.8, 4) is 0 Å². The Hall–Kier alpha value is -1.66. The number of hydrogen-bond acceptors (Lipinski definition) is 5. The lowest BCUT2D eigenvalue weighted by Crippen LogP contribution is -2.10. The van der Waals surface area contributed by atoms with Crippen LogP contribution in [0.3, 0.4) is 0 Å². The fourth-order valence-electron chi connectivity index (χ4n) is 2.41. The van der Waals surface area contributed by atoms with E-state index in [1.165, 1.54) is 22.9 Å². The van der Waals surface area contributed by atoms with Crippen LogP contribution >= 0.6 is 11.8 Å². The smallest absolute Gasteiger partial charge is 0.191 e. The first kappa shape index (κ1) is 17.7. The highest BCUT2D eigenvalue weighted by Crippen LogP contribution is 2.24. The highest BCUT2D eigenvalue weighted by Gasteiger charge is 2.15. The van der Waals surface area contributed by atoms with Gasteiger partial charge in [0.25, 0.3) is 0 Å². The van der Waals surface area contributed by atoms with Crippen molar-refractivity contribution >= 4 is 17.5 Å². The average molecular weight is 333 g/mol. The number of ether oxygens (including phenoxy) is 1. The van der Waals surface area contributed by atoms with Crippen LogP contribution in [0.15, 0.2) is 17.6 Å². The van der Waals surface area contributed by atoms with Crippen molar-refractivity contribution in [1.82, 2.24) is 14.8 Å². The van der Waals surface area contributed by atoms with Gasteiger partial charge in [-0.2, -0.15) is 0 Å². The number of benzene rings is 1. The van der Waals surface area contributed by atoms with E-state index in [2.05, 4.69) is 24.0 Å². The quantitative estimate of drug-likeness (QED) is 0.575. The largest absolute Gasteiger partial charge is 0.383 e. The molecule has 2 rings (SSSR count). The number of ketones is 1. The van der Waals surface area contributed by atoms with Crippen molar-refractivity contribution in [3.05, 3.63) is 40.2 Å². The summed E-state index contributed by atoms with van der Waals surface area (Å²) in [6.07, 6.45) is 1.66. The number of aromatic nitrogens is 3. The molecule has 0 aliphatic rings. The zero-order chi connectivity index (χ0) is 17.0. The molecule has 0 unspecified atom stereocenters. The second-order valence-electron chi connectivity index (χ2n) is 5.63. The van der Waals surface area contributed by atoms with Crippen molar-refractivity contribution < 1.29 is 9.53 Å². The molecule has 0 aliphatic carbocycles. The van der Waals surface area contributed by atoms with E-state index in [0.717, 1.165) is 21.8 Å². The SMILES string of the molecule is COCCn1cnnc1SCC(=O)c1cc(C)c(C)c(C)c1C. The van der Waals surface area contributed by atoms with Gasteiger partial charge >= 0.3 is 0 Å². The maximum Gasteiger partial charge on any atom is 0.191 e. The topological polar surface area (TPSA) is 57.0 Å². The van der Waals surface area contributed by atoms with Gasteiger partial charge in [-0.15, -0.1) is 10.2 Å². The molecule has 1 aromatic carbocycles. The summed E-state index contributed by atoms with van der Waals surface area (Å²) in [4.78, 5) is 12.6. The van der Waals surface area contributed by atoms with Crippen molar-refractivity contribution in [3.63, 3.8) is 0 Å². The number of nitrogens with zero attached hydrogens (tertiary/aromatic N) is 3. The molecule has 1 aromatic heterocycles. The normalized spacial score (nSPS) is 11.0. The summed E-state index contributed by atoms with van der Waals surface area (Å²) < 4.78 is 6.97. The fraction of sp³-hybridized carbons (Fsp3) is 0.471. The maximum absolute atomic E-state index is 12.6. The summed E-state index contributed by atoms with van der Waals surface area (Å²) in [6.45, 7) is 9.51. The Morgan fingerprint density at radius 2 is 1.96 bits per heavy atom. The van der Waals surface area contributed by atoms with Crippen molar-refractivity contribution in [2.24, 2.45) is 0 Å². The van der Waals surface area contributed by atoms with Gasteiger partial charge in [0.05, 0.1) is 12.4 Å². The van der Waals surface area contributed by atoms with Crippen LogP contribution in [0.1, 0.15) is 32.6 Å². The van der Waals surface area contributed by atoms with Crippen LogP contribution in [-0.2, 0) is 11.3 Å². The molecule has 5 nitrogen and oxygen atoms in total. The summed E-state index contributed by atoms with van der Waals surface area (Å²) in [5, 5.41) is 8.73. The Kier molecular flexibility index (Phi) is 5.96. The maximum atomic E-state index is 12.6. The molecule has 0 aliphatic heterocycles. The molecule has 0 spiro atoms. The predicted octanol–water partition coefficient (Wildman–Crippen LogP) is 3.13. The summed E-state index contributed by atoms with van der Waals surface area (Å²) in [5.41, 5.74) is 5.48. The van der Waals surface area contributed by atoms with Crippen LogP contribution in [0, 0.1) is 27.7 Å². The van der Waals surface area contributed by atoms with E-state index in [9.17, 15) is 4.79 Å². The fourth-order valence-corrected chi connectivity index (χ4v) is 3.23. The Balaban J connectivity index is 2.10. The first-order chi connectivity index (χ1) is 11.0. The third kappa shape index (κ3) is 4.00. The zero-order valence-corrected chi connectivity index (χ0v) is 15.2. The molecule has 0 saturated heterocycles. The van der Waals surface area contributed by atoms with E-state index in [1.54, 1.807) is 13.4 Å². The van der Waals surface area contributed by atoms with Gasteiger partial charge in [0, 0.05) is 19.2 Å². The van der Waals surface area contributed by atoms with Crippen LogP contribution in [0.4, 0.5) is 0 Å². The van der Waals surface area contributed by atoms with Gasteiger partial charge in [-0.05, 0) is 56.0 Å². The van der Waals surface area contributed by atoms with Crippen LogP contribution in [0.5, 0.6) is 0 Å². The molecule has 0 saturated carbocycles. The lowest BCUT2D eigenvalue weighted by molar-refractivity contribution is 0.102. The average Bonchev–Trinajstić information content (AvgIpc) is 2.99. The van der Waals surface area contributed by atoms with Crippen LogP contribution < -0.4 is 0 Å². The van der Waals surface area contributed by atoms with Crippen LogP contribution in [0.25, 0.3) is 0 Å². The van der Waals surface area contributed by atoms with Crippen molar-refractivity contribution in [2.75, 3.05) is 19.5 Å². The summed E-state index contributed by atoms with van der Waals surface area (Å²) in [5.74, 6) is 0.481. The van der Waals surface area contributed by atoms with Gasteiger partial charge < -0.3 is 9.30 Å². The molecule has 0 bridgehead atoms. The molecule has 0 radical (unpaired) electrons. The molecular weight excluding hydrogens is 310 g/mol. The monoisotopic (exact) mass is 333 g/mol. The van der Waals surface area contributed by atoms with E-state index in [0.29, 0.717) is 18.9 Å². The van der Waals surface area contributed by atoms with E-state index in [4.69, 9.17) is 4.74 Å². The molecule has 23 heavy (non-hydrogen) atoms. The number of methoxy groups -OCH3 is 1. The van der Waals surface area contributed by atoms with Gasteiger partial charge in [-0.1, -0.05) is 11.8 Å². The van der Waals surface area contributed by atoms with Crippen molar-refractivity contribution in [2.45, 2.75) is 39.4 Å². The van der Waals surface area contributed by atoms with E-state index in [1.807, 2.05) is 24.5 Å². The van der Waals surface area contributed by atoms with Gasteiger partial charge in [-0.25, -0.2) is 0 Å². The lowest BCUT2D eigenvalue weighted by atomic mass is 9.93. The third-order valence-corrected chi connectivity index (χ3v) is 5.21. The van der Waals surface area contributed by atoms with E-state index in [-0.39, 0.29) is 5.78 Å². The minimum atomic E-state index is 0.125. The molecule has 124 valence electrons. The number of carbonyl (C=O) groups is 1. The number of aryl methyl sites for hydroxylation is 1. The molecule has 0 N–H and O–H groups in total. The number of thioether (sulfide) groups is 1. The van der Waals surface area contributed by atoms with Gasteiger partial charge in [0.2, 0.25) is 0 Å². The predicted molar refractivity (Wildman–Crippen MR) is 92.3 cm³/mol. The number of hydrogen-bond donors (Lipinski definition) is 0. The van der Waals surface area contributed by atoms with Crippen LogP contribution in [-0.4, -0.2) is 40.0 Å². The van der Waals surface area contributed by atoms with Gasteiger partial charge in [0.15, 0.2) is 10.9 Å². The molecular formula is C17H23N3O2S. The summed E-state index contributed by atoms with van der Waals surface area (Å²) >= 11 is 1.42. The third-order valence-electron chi connectivity index (χ3n) is 4.23. The van der Waals surface area contributed by atoms with Crippen molar-refractivity contribution in [1.29, 1.82) is 0 Å². The van der Waals surface area contributed by atoms with Gasteiger partial charge in [0.1, 0.15) is 6.33 Å². The second-order valence-corrected chi connectivity index (χ2v) is 6.57. The Labute approximate surface area is 141 Å². The van der Waals surface area contributed by atoms with Gasteiger partial charge in [-0.3, -0.25) is 4.79 Å². The zero-order valence-electron chi connectivity index (χ0n) is 14.3.